The van der Waals surface area contributed by atoms with Crippen molar-refractivity contribution in [3.8, 4) is 5.69 Å². The molecule has 2 saturated heterocycles. The van der Waals surface area contributed by atoms with Crippen molar-refractivity contribution in [2.75, 3.05) is 32.8 Å². The Kier molecular flexibility index (Phi) is 6.08. The SMILES string of the molecule is Cc1c(C(=O)CN2CCC(O)CC2)c2ccc(CC3COC3)cc2n1-c1ccc(Cl)cc1. The highest BCUT2D eigenvalue weighted by Gasteiger charge is 2.25. The van der Waals surface area contributed by atoms with E-state index in [-0.39, 0.29) is 11.9 Å². The summed E-state index contributed by atoms with van der Waals surface area (Å²) in [6.07, 6.45) is 2.20. The van der Waals surface area contributed by atoms with Crippen LogP contribution < -0.4 is 0 Å². The van der Waals surface area contributed by atoms with Gasteiger partial charge in [-0.2, -0.15) is 0 Å². The highest BCUT2D eigenvalue weighted by atomic mass is 35.5. The average molecular weight is 453 g/mol. The van der Waals surface area contributed by atoms with E-state index in [1.165, 1.54) is 5.56 Å². The number of halogens is 1. The Morgan fingerprint density at radius 1 is 1.12 bits per heavy atom. The number of aromatic nitrogens is 1. The number of hydrogen-bond donors (Lipinski definition) is 1. The summed E-state index contributed by atoms with van der Waals surface area (Å²) in [4.78, 5) is 15.6. The molecule has 3 heterocycles. The van der Waals surface area contributed by atoms with Crippen molar-refractivity contribution >= 4 is 28.3 Å². The van der Waals surface area contributed by atoms with E-state index in [0.29, 0.717) is 17.5 Å². The Hall–Kier alpha value is -2.18. The van der Waals surface area contributed by atoms with E-state index in [1.807, 2.05) is 31.2 Å². The first-order chi connectivity index (χ1) is 15.5. The summed E-state index contributed by atoms with van der Waals surface area (Å²) in [5.41, 5.74) is 5.07. The van der Waals surface area contributed by atoms with Crippen LogP contribution in [0.15, 0.2) is 42.5 Å². The Labute approximate surface area is 193 Å². The Balaban J connectivity index is 1.55. The molecule has 0 unspecified atom stereocenters. The summed E-state index contributed by atoms with van der Waals surface area (Å²) in [6, 6.07) is 14.3. The number of hydrogen-bond acceptors (Lipinski definition) is 4. The van der Waals surface area contributed by atoms with Crippen LogP contribution >= 0.6 is 11.6 Å². The molecule has 2 aromatic carbocycles. The smallest absolute Gasteiger partial charge is 0.179 e. The number of ketones is 1. The van der Waals surface area contributed by atoms with Crippen molar-refractivity contribution in [1.82, 2.24) is 9.47 Å². The Bertz CT molecular complexity index is 1130. The third-order valence-electron chi connectivity index (χ3n) is 6.79. The number of likely N-dealkylation sites (tertiary alicyclic amines) is 1. The Morgan fingerprint density at radius 3 is 2.50 bits per heavy atom. The van der Waals surface area contributed by atoms with E-state index in [0.717, 1.165) is 73.4 Å². The lowest BCUT2D eigenvalue weighted by molar-refractivity contribution is -0.0312. The van der Waals surface area contributed by atoms with Crippen molar-refractivity contribution in [2.45, 2.75) is 32.3 Å². The van der Waals surface area contributed by atoms with Gasteiger partial charge < -0.3 is 14.4 Å². The standard InChI is InChI=1S/C26H29ClN2O3/c1-17-26(25(31)14-28-10-8-22(30)9-11-28)23-7-2-18(12-19-15-32-16-19)13-24(23)29(17)21-5-3-20(27)4-6-21/h2-7,13,19,22,30H,8-12,14-16H2,1H3. The van der Waals surface area contributed by atoms with Crippen LogP contribution in [0, 0.1) is 12.8 Å². The van der Waals surface area contributed by atoms with Crippen molar-refractivity contribution < 1.29 is 14.6 Å². The monoisotopic (exact) mass is 452 g/mol. The van der Waals surface area contributed by atoms with Gasteiger partial charge in [0, 0.05) is 46.4 Å². The van der Waals surface area contributed by atoms with Crippen LogP contribution in [-0.2, 0) is 11.2 Å². The molecule has 0 saturated carbocycles. The van der Waals surface area contributed by atoms with Gasteiger partial charge >= 0.3 is 0 Å². The first-order valence-corrected chi connectivity index (χ1v) is 11.8. The van der Waals surface area contributed by atoms with Crippen LogP contribution in [0.4, 0.5) is 0 Å². The lowest BCUT2D eigenvalue weighted by Crippen LogP contribution is -2.39. The molecule has 5 rings (SSSR count). The molecule has 0 bridgehead atoms. The minimum Gasteiger partial charge on any atom is -0.393 e. The van der Waals surface area contributed by atoms with Crippen molar-refractivity contribution in [2.24, 2.45) is 5.92 Å². The van der Waals surface area contributed by atoms with Gasteiger partial charge in [0.25, 0.3) is 0 Å². The molecule has 6 heteroatoms. The number of aliphatic hydroxyl groups is 1. The largest absolute Gasteiger partial charge is 0.393 e. The van der Waals surface area contributed by atoms with Crippen LogP contribution in [0.3, 0.4) is 0 Å². The van der Waals surface area contributed by atoms with Crippen molar-refractivity contribution in [1.29, 1.82) is 0 Å². The molecular formula is C26H29ClN2O3. The predicted molar refractivity (Wildman–Crippen MR) is 127 cm³/mol. The van der Waals surface area contributed by atoms with E-state index in [9.17, 15) is 9.90 Å². The predicted octanol–water partition coefficient (Wildman–Crippen LogP) is 4.42. The second kappa shape index (κ2) is 8.99. The van der Waals surface area contributed by atoms with Gasteiger partial charge in [-0.05, 0) is 62.1 Å². The molecule has 1 N–H and O–H groups in total. The normalized spacial score (nSPS) is 18.2. The number of fused-ring (bicyclic) bond motifs is 1. The van der Waals surface area contributed by atoms with E-state index in [4.69, 9.17) is 16.3 Å². The molecule has 0 radical (unpaired) electrons. The van der Waals surface area contributed by atoms with Gasteiger partial charge in [-0.15, -0.1) is 0 Å². The molecule has 5 nitrogen and oxygen atoms in total. The van der Waals surface area contributed by atoms with E-state index in [1.54, 1.807) is 0 Å². The number of carbonyl (C=O) groups is 1. The van der Waals surface area contributed by atoms with Crippen LogP contribution in [0.2, 0.25) is 5.02 Å². The maximum atomic E-state index is 13.5. The van der Waals surface area contributed by atoms with Crippen molar-refractivity contribution in [3.05, 3.63) is 64.3 Å². The molecule has 3 aromatic rings. The number of Topliss-reactive ketones (excluding diaryl/α,β-unsaturated/α-hetero) is 1. The van der Waals surface area contributed by atoms with E-state index < -0.39 is 0 Å². The third kappa shape index (κ3) is 4.23. The fraction of sp³-hybridized carbons (Fsp3) is 0.423. The number of aliphatic hydroxyl groups excluding tert-OH is 1. The first-order valence-electron chi connectivity index (χ1n) is 11.4. The fourth-order valence-electron chi connectivity index (χ4n) is 4.96. The van der Waals surface area contributed by atoms with Gasteiger partial charge in [-0.3, -0.25) is 9.69 Å². The summed E-state index contributed by atoms with van der Waals surface area (Å²) in [6.45, 7) is 5.58. The fourth-order valence-corrected chi connectivity index (χ4v) is 5.08. The molecule has 1 aromatic heterocycles. The molecule has 168 valence electrons. The quantitative estimate of drug-likeness (QED) is 0.562. The van der Waals surface area contributed by atoms with Gasteiger partial charge in [0.2, 0.25) is 0 Å². The van der Waals surface area contributed by atoms with Gasteiger partial charge in [0.1, 0.15) is 0 Å². The zero-order chi connectivity index (χ0) is 22.2. The maximum Gasteiger partial charge on any atom is 0.179 e. The van der Waals surface area contributed by atoms with Crippen molar-refractivity contribution in [3.63, 3.8) is 0 Å². The highest BCUT2D eigenvalue weighted by Crippen LogP contribution is 2.32. The molecule has 0 aliphatic carbocycles. The molecule has 0 amide bonds. The zero-order valence-electron chi connectivity index (χ0n) is 18.4. The summed E-state index contributed by atoms with van der Waals surface area (Å²) in [5, 5.41) is 11.5. The highest BCUT2D eigenvalue weighted by molar-refractivity contribution is 6.30. The van der Waals surface area contributed by atoms with Crippen LogP contribution in [0.5, 0.6) is 0 Å². The number of piperidine rings is 1. The minimum absolute atomic E-state index is 0.136. The average Bonchev–Trinajstić information content (AvgIpc) is 3.04. The van der Waals surface area contributed by atoms with Gasteiger partial charge in [0.05, 0.1) is 31.4 Å². The van der Waals surface area contributed by atoms with E-state index >= 15 is 0 Å². The topological polar surface area (TPSA) is 54.7 Å². The zero-order valence-corrected chi connectivity index (χ0v) is 19.1. The maximum absolute atomic E-state index is 13.5. The van der Waals surface area contributed by atoms with Crippen LogP contribution in [0.1, 0.15) is 34.5 Å². The van der Waals surface area contributed by atoms with E-state index in [2.05, 4.69) is 27.7 Å². The van der Waals surface area contributed by atoms with Gasteiger partial charge in [0.15, 0.2) is 5.78 Å². The molecule has 2 fully saturated rings. The summed E-state index contributed by atoms with van der Waals surface area (Å²) in [7, 11) is 0. The van der Waals surface area contributed by atoms with Crippen LogP contribution in [0.25, 0.3) is 16.6 Å². The summed E-state index contributed by atoms with van der Waals surface area (Å²) in [5.74, 6) is 0.708. The summed E-state index contributed by atoms with van der Waals surface area (Å²) >= 11 is 6.14. The number of carbonyl (C=O) groups excluding carboxylic acids is 1. The number of nitrogens with zero attached hydrogens (tertiary/aromatic N) is 2. The lowest BCUT2D eigenvalue weighted by atomic mass is 9.96. The van der Waals surface area contributed by atoms with Gasteiger partial charge in [-0.25, -0.2) is 0 Å². The molecule has 32 heavy (non-hydrogen) atoms. The second-order valence-corrected chi connectivity index (χ2v) is 9.60. The molecule has 2 aliphatic rings. The molecular weight excluding hydrogens is 424 g/mol. The number of ether oxygens (including phenoxy) is 1. The minimum atomic E-state index is -0.241. The second-order valence-electron chi connectivity index (χ2n) is 9.16. The molecule has 2 aliphatic heterocycles. The molecule has 0 atom stereocenters. The third-order valence-corrected chi connectivity index (χ3v) is 7.04. The Morgan fingerprint density at radius 2 is 1.84 bits per heavy atom. The van der Waals surface area contributed by atoms with Gasteiger partial charge in [-0.1, -0.05) is 23.7 Å². The van der Waals surface area contributed by atoms with Crippen LogP contribution in [-0.4, -0.2) is 59.3 Å². The first kappa shape index (κ1) is 21.7. The molecule has 0 spiro atoms. The summed E-state index contributed by atoms with van der Waals surface area (Å²) < 4.78 is 7.53. The lowest BCUT2D eigenvalue weighted by Gasteiger charge is -2.28. The number of benzene rings is 2. The number of rotatable bonds is 6.